The molecule has 2 saturated heterocycles. The minimum absolute atomic E-state index is 0.175. The summed E-state index contributed by atoms with van der Waals surface area (Å²) < 4.78 is 0. The summed E-state index contributed by atoms with van der Waals surface area (Å²) in [5, 5.41) is 5.87. The largest absolute Gasteiger partial charge is 0.355 e. The number of benzene rings is 2. The zero-order valence-electron chi connectivity index (χ0n) is 17.3. The second kappa shape index (κ2) is 7.05. The van der Waals surface area contributed by atoms with Crippen LogP contribution in [0.25, 0.3) is 0 Å². The number of hydrogen-bond acceptors (Lipinski definition) is 3. The molecule has 2 N–H and O–H groups in total. The fourth-order valence-electron chi connectivity index (χ4n) is 4.88. The smallest absolute Gasteiger partial charge is 0.324 e. The van der Waals surface area contributed by atoms with Gasteiger partial charge in [0.05, 0.1) is 0 Å². The minimum atomic E-state index is -1.14. The molecule has 2 aliphatic heterocycles. The SMILES string of the molecule is CC(=O)NCCN1C(=O)NC2(c3ccccc3)N(C)C(=O)N(C)C12c1ccccc1. The van der Waals surface area contributed by atoms with E-state index < -0.39 is 11.3 Å². The lowest BCUT2D eigenvalue weighted by molar-refractivity contribution is -0.119. The molecule has 0 spiro atoms. The second-order valence-electron chi connectivity index (χ2n) is 7.58. The molecule has 2 aromatic rings. The summed E-state index contributed by atoms with van der Waals surface area (Å²) in [7, 11) is 3.41. The van der Waals surface area contributed by atoms with Crippen molar-refractivity contribution in [1.82, 2.24) is 25.3 Å². The van der Waals surface area contributed by atoms with Crippen molar-refractivity contribution >= 4 is 18.0 Å². The van der Waals surface area contributed by atoms with E-state index in [0.717, 1.165) is 11.1 Å². The Bertz CT molecular complexity index is 983. The van der Waals surface area contributed by atoms with E-state index in [2.05, 4.69) is 10.6 Å². The summed E-state index contributed by atoms with van der Waals surface area (Å²) in [4.78, 5) is 42.9. The van der Waals surface area contributed by atoms with Gasteiger partial charge in [0.15, 0.2) is 11.3 Å². The lowest BCUT2D eigenvalue weighted by Gasteiger charge is -2.47. The van der Waals surface area contributed by atoms with Crippen molar-refractivity contribution in [2.24, 2.45) is 0 Å². The van der Waals surface area contributed by atoms with Crippen LogP contribution in [0.15, 0.2) is 60.7 Å². The molecule has 2 atom stereocenters. The molecule has 8 nitrogen and oxygen atoms in total. The average Bonchev–Trinajstić information content (AvgIpc) is 3.11. The maximum atomic E-state index is 13.4. The zero-order chi connectivity index (χ0) is 21.5. The first-order chi connectivity index (χ1) is 14.4. The first-order valence-corrected chi connectivity index (χ1v) is 9.84. The van der Waals surface area contributed by atoms with E-state index in [0.29, 0.717) is 0 Å². The van der Waals surface area contributed by atoms with Crippen LogP contribution in [0, 0.1) is 0 Å². The Kier molecular flexibility index (Phi) is 4.64. The zero-order valence-corrected chi connectivity index (χ0v) is 17.3. The van der Waals surface area contributed by atoms with Crippen LogP contribution in [0.4, 0.5) is 9.59 Å². The van der Waals surface area contributed by atoms with Crippen LogP contribution < -0.4 is 10.6 Å². The second-order valence-corrected chi connectivity index (χ2v) is 7.58. The van der Waals surface area contributed by atoms with Gasteiger partial charge in [-0.25, -0.2) is 9.59 Å². The number of urea groups is 2. The van der Waals surface area contributed by atoms with Gasteiger partial charge in [-0.3, -0.25) is 19.5 Å². The maximum absolute atomic E-state index is 13.4. The Morgan fingerprint density at radius 1 is 0.933 bits per heavy atom. The molecule has 30 heavy (non-hydrogen) atoms. The van der Waals surface area contributed by atoms with E-state index >= 15 is 0 Å². The molecule has 156 valence electrons. The highest BCUT2D eigenvalue weighted by Gasteiger charge is 2.75. The number of nitrogens with one attached hydrogen (secondary N) is 2. The Hall–Kier alpha value is -3.55. The highest BCUT2D eigenvalue weighted by molar-refractivity contribution is 5.89. The van der Waals surface area contributed by atoms with Gasteiger partial charge in [0.1, 0.15) is 0 Å². The van der Waals surface area contributed by atoms with Crippen LogP contribution in [0.5, 0.6) is 0 Å². The van der Waals surface area contributed by atoms with Crippen molar-refractivity contribution in [3.63, 3.8) is 0 Å². The Morgan fingerprint density at radius 2 is 1.50 bits per heavy atom. The highest BCUT2D eigenvalue weighted by atomic mass is 16.2. The minimum Gasteiger partial charge on any atom is -0.355 e. The van der Waals surface area contributed by atoms with Crippen LogP contribution in [0.3, 0.4) is 0 Å². The van der Waals surface area contributed by atoms with Gasteiger partial charge in [-0.1, -0.05) is 60.7 Å². The number of amides is 5. The molecular formula is C22H25N5O3. The van der Waals surface area contributed by atoms with Crippen LogP contribution in [-0.2, 0) is 16.1 Å². The van der Waals surface area contributed by atoms with Crippen LogP contribution >= 0.6 is 0 Å². The van der Waals surface area contributed by atoms with Crippen LogP contribution in [0.1, 0.15) is 18.1 Å². The molecule has 0 bridgehead atoms. The van der Waals surface area contributed by atoms with Crippen LogP contribution in [-0.4, -0.2) is 59.9 Å². The van der Waals surface area contributed by atoms with Crippen molar-refractivity contribution < 1.29 is 14.4 Å². The monoisotopic (exact) mass is 407 g/mol. The number of likely N-dealkylation sites (N-methyl/N-ethyl adjacent to an activating group) is 2. The molecule has 8 heteroatoms. The Labute approximate surface area is 175 Å². The molecule has 2 aromatic carbocycles. The lowest BCUT2D eigenvalue weighted by Crippen LogP contribution is -2.62. The number of rotatable bonds is 5. The van der Waals surface area contributed by atoms with Crippen molar-refractivity contribution in [2.75, 3.05) is 27.2 Å². The molecule has 0 saturated carbocycles. The van der Waals surface area contributed by atoms with E-state index in [1.165, 1.54) is 6.92 Å². The topological polar surface area (TPSA) is 85.0 Å². The third-order valence-corrected chi connectivity index (χ3v) is 6.07. The predicted octanol–water partition coefficient (Wildman–Crippen LogP) is 1.85. The molecule has 2 fully saturated rings. The summed E-state index contributed by atoms with van der Waals surface area (Å²) >= 11 is 0. The quantitative estimate of drug-likeness (QED) is 0.793. The fraction of sp³-hybridized carbons (Fsp3) is 0.318. The van der Waals surface area contributed by atoms with E-state index in [9.17, 15) is 14.4 Å². The van der Waals surface area contributed by atoms with Gasteiger partial charge in [0.25, 0.3) is 0 Å². The van der Waals surface area contributed by atoms with Gasteiger partial charge >= 0.3 is 12.1 Å². The number of nitrogens with zero attached hydrogens (tertiary/aromatic N) is 3. The number of carbonyl (C=O) groups is 3. The third-order valence-electron chi connectivity index (χ3n) is 6.07. The molecule has 2 heterocycles. The molecule has 2 aliphatic rings. The summed E-state index contributed by atoms with van der Waals surface area (Å²) in [6.07, 6.45) is 0. The summed E-state index contributed by atoms with van der Waals surface area (Å²) in [5.41, 5.74) is -0.689. The number of hydrogen-bond donors (Lipinski definition) is 2. The van der Waals surface area contributed by atoms with Gasteiger partial charge in [-0.15, -0.1) is 0 Å². The summed E-state index contributed by atoms with van der Waals surface area (Å²) in [6.45, 7) is 1.94. The Morgan fingerprint density at radius 3 is 2.07 bits per heavy atom. The first kappa shape index (κ1) is 19.8. The summed E-state index contributed by atoms with van der Waals surface area (Å²) in [5.74, 6) is -0.175. The van der Waals surface area contributed by atoms with Gasteiger partial charge < -0.3 is 10.6 Å². The highest BCUT2D eigenvalue weighted by Crippen LogP contribution is 2.56. The van der Waals surface area contributed by atoms with Gasteiger partial charge in [0.2, 0.25) is 5.91 Å². The van der Waals surface area contributed by atoms with Crippen molar-refractivity contribution in [1.29, 1.82) is 0 Å². The standard InChI is InChI=1S/C22H25N5O3/c1-16(28)23-14-15-27-19(29)24-21(17-10-6-4-7-11-17)22(27,18-12-8-5-9-13-18)26(3)20(30)25(21)2/h4-13H,14-15H2,1-3H3,(H,23,28)(H,24,29). The van der Waals surface area contributed by atoms with Gasteiger partial charge in [-0.2, -0.15) is 0 Å². The van der Waals surface area contributed by atoms with Crippen molar-refractivity contribution in [3.05, 3.63) is 71.8 Å². The average molecular weight is 407 g/mol. The normalized spacial score (nSPS) is 25.4. The van der Waals surface area contributed by atoms with E-state index in [1.54, 1.807) is 28.8 Å². The van der Waals surface area contributed by atoms with Gasteiger partial charge in [0, 0.05) is 45.2 Å². The molecule has 0 aromatic heterocycles. The van der Waals surface area contributed by atoms with E-state index in [1.807, 2.05) is 60.7 Å². The summed E-state index contributed by atoms with van der Waals surface area (Å²) in [6, 6.07) is 18.5. The number of carbonyl (C=O) groups excluding carboxylic acids is 3. The van der Waals surface area contributed by atoms with E-state index in [-0.39, 0.29) is 31.1 Å². The molecule has 0 radical (unpaired) electrons. The molecule has 0 aliphatic carbocycles. The lowest BCUT2D eigenvalue weighted by atomic mass is 9.80. The molecular weight excluding hydrogens is 382 g/mol. The van der Waals surface area contributed by atoms with Crippen molar-refractivity contribution in [3.8, 4) is 0 Å². The van der Waals surface area contributed by atoms with E-state index in [4.69, 9.17) is 0 Å². The van der Waals surface area contributed by atoms with Crippen LogP contribution in [0.2, 0.25) is 0 Å². The molecule has 5 amide bonds. The number of fused-ring (bicyclic) bond motifs is 1. The Balaban J connectivity index is 1.98. The predicted molar refractivity (Wildman–Crippen MR) is 111 cm³/mol. The molecule has 2 unspecified atom stereocenters. The fourth-order valence-corrected chi connectivity index (χ4v) is 4.88. The molecule has 4 rings (SSSR count). The van der Waals surface area contributed by atoms with Crippen molar-refractivity contribution in [2.45, 2.75) is 18.2 Å². The maximum Gasteiger partial charge on any atom is 0.324 e. The van der Waals surface area contributed by atoms with Gasteiger partial charge in [-0.05, 0) is 0 Å². The first-order valence-electron chi connectivity index (χ1n) is 9.84. The third kappa shape index (κ3) is 2.43.